The van der Waals surface area contributed by atoms with E-state index in [1.54, 1.807) is 24.5 Å². The van der Waals surface area contributed by atoms with Gasteiger partial charge in [0, 0.05) is 27.3 Å². The minimum atomic E-state index is 0.0564. The number of rotatable bonds is 3. The average molecular weight is 325 g/mol. The molecule has 0 fully saturated rings. The molecule has 0 radical (unpaired) electrons. The highest BCUT2D eigenvalue weighted by atomic mass is 79.9. The van der Waals surface area contributed by atoms with Crippen LogP contribution in [0.2, 0.25) is 0 Å². The van der Waals surface area contributed by atoms with E-state index in [0.717, 1.165) is 9.37 Å². The summed E-state index contributed by atoms with van der Waals surface area (Å²) in [5.41, 5.74) is 6.27. The fourth-order valence-electron chi connectivity index (χ4n) is 1.28. The molecule has 0 saturated heterocycles. The highest BCUT2D eigenvalue weighted by Crippen LogP contribution is 2.30. The van der Waals surface area contributed by atoms with Crippen LogP contribution in [-0.2, 0) is 0 Å². The van der Waals surface area contributed by atoms with Gasteiger partial charge in [-0.3, -0.25) is 0 Å². The Bertz CT molecular complexity index is 577. The molecule has 0 unspecified atom stereocenters. The lowest BCUT2D eigenvalue weighted by molar-refractivity contribution is 0.318. The smallest absolute Gasteiger partial charge is 0.192 e. The molecule has 2 aromatic rings. The van der Waals surface area contributed by atoms with Crippen LogP contribution in [0, 0.1) is 0 Å². The molecule has 0 atom stereocenters. The zero-order valence-corrected chi connectivity index (χ0v) is 11.5. The predicted molar refractivity (Wildman–Crippen MR) is 72.8 cm³/mol. The van der Waals surface area contributed by atoms with Gasteiger partial charge in [-0.1, -0.05) is 21.1 Å². The normalized spacial score (nSPS) is 11.5. The highest BCUT2D eigenvalue weighted by Gasteiger charge is 2.10. The molecule has 1 aromatic carbocycles. The van der Waals surface area contributed by atoms with Crippen molar-refractivity contribution >= 4 is 33.5 Å². The first-order valence-corrected chi connectivity index (χ1v) is 6.54. The number of amidine groups is 1. The van der Waals surface area contributed by atoms with Crippen LogP contribution >= 0.6 is 27.7 Å². The summed E-state index contributed by atoms with van der Waals surface area (Å²) in [7, 11) is 0. The maximum absolute atomic E-state index is 8.76. The van der Waals surface area contributed by atoms with Crippen molar-refractivity contribution in [2.75, 3.05) is 0 Å². The zero-order chi connectivity index (χ0) is 13.0. The molecule has 18 heavy (non-hydrogen) atoms. The molecule has 0 saturated carbocycles. The summed E-state index contributed by atoms with van der Waals surface area (Å²) in [5, 5.41) is 12.4. The lowest BCUT2D eigenvalue weighted by Gasteiger charge is -2.07. The molecule has 2 rings (SSSR count). The minimum absolute atomic E-state index is 0.0564. The number of benzene rings is 1. The van der Waals surface area contributed by atoms with Crippen LogP contribution in [0.4, 0.5) is 0 Å². The molecule has 7 heteroatoms. The van der Waals surface area contributed by atoms with Gasteiger partial charge in [0.1, 0.15) is 0 Å². The van der Waals surface area contributed by atoms with Gasteiger partial charge in [0.25, 0.3) is 0 Å². The highest BCUT2D eigenvalue weighted by molar-refractivity contribution is 9.10. The Balaban J connectivity index is 2.40. The first-order chi connectivity index (χ1) is 8.70. The minimum Gasteiger partial charge on any atom is -0.409 e. The van der Waals surface area contributed by atoms with E-state index < -0.39 is 0 Å². The van der Waals surface area contributed by atoms with E-state index in [2.05, 4.69) is 31.1 Å². The second-order valence-electron chi connectivity index (χ2n) is 3.26. The third-order valence-corrected chi connectivity index (χ3v) is 3.51. The van der Waals surface area contributed by atoms with Gasteiger partial charge in [-0.15, -0.1) is 0 Å². The molecular formula is C11H9BrN4OS. The van der Waals surface area contributed by atoms with Gasteiger partial charge >= 0.3 is 0 Å². The largest absolute Gasteiger partial charge is 0.409 e. The van der Waals surface area contributed by atoms with E-state index in [-0.39, 0.29) is 5.84 Å². The fraction of sp³-hybridized carbons (Fsp3) is 0. The van der Waals surface area contributed by atoms with Crippen molar-refractivity contribution in [3.05, 3.63) is 46.7 Å². The molecule has 3 N–H and O–H groups in total. The van der Waals surface area contributed by atoms with Gasteiger partial charge in [-0.25, -0.2) is 9.97 Å². The summed E-state index contributed by atoms with van der Waals surface area (Å²) >= 11 is 4.73. The number of aromatic nitrogens is 2. The maximum Gasteiger partial charge on any atom is 0.192 e. The third kappa shape index (κ3) is 2.99. The van der Waals surface area contributed by atoms with E-state index in [1.165, 1.54) is 11.8 Å². The Morgan fingerprint density at radius 3 is 2.72 bits per heavy atom. The molecular weight excluding hydrogens is 316 g/mol. The van der Waals surface area contributed by atoms with E-state index in [9.17, 15) is 0 Å². The van der Waals surface area contributed by atoms with Crippen LogP contribution in [0.3, 0.4) is 0 Å². The Hall–Kier alpha value is -1.60. The van der Waals surface area contributed by atoms with Crippen molar-refractivity contribution in [3.8, 4) is 0 Å². The van der Waals surface area contributed by atoms with Gasteiger partial charge in [0.15, 0.2) is 11.0 Å². The van der Waals surface area contributed by atoms with Crippen LogP contribution in [-0.4, -0.2) is 21.0 Å². The summed E-state index contributed by atoms with van der Waals surface area (Å²) in [6.45, 7) is 0. The van der Waals surface area contributed by atoms with E-state index in [4.69, 9.17) is 10.9 Å². The molecule has 0 spiro atoms. The van der Waals surface area contributed by atoms with Gasteiger partial charge in [-0.05, 0) is 36.0 Å². The lowest BCUT2D eigenvalue weighted by Crippen LogP contribution is -2.14. The first-order valence-electron chi connectivity index (χ1n) is 4.93. The van der Waals surface area contributed by atoms with Crippen molar-refractivity contribution in [1.82, 2.24) is 9.97 Å². The zero-order valence-electron chi connectivity index (χ0n) is 9.12. The van der Waals surface area contributed by atoms with Gasteiger partial charge in [0.05, 0.1) is 0 Å². The molecule has 0 aliphatic heterocycles. The molecule has 0 aliphatic carbocycles. The molecule has 0 amide bonds. The third-order valence-electron chi connectivity index (χ3n) is 2.07. The molecule has 1 heterocycles. The van der Waals surface area contributed by atoms with E-state index in [1.807, 2.05) is 12.1 Å². The van der Waals surface area contributed by atoms with Crippen molar-refractivity contribution in [1.29, 1.82) is 0 Å². The number of oxime groups is 1. The SMILES string of the molecule is N/C(=N/O)c1ccc(Br)cc1Sc1ncccn1. The van der Waals surface area contributed by atoms with Crippen LogP contribution < -0.4 is 5.73 Å². The number of nitrogens with zero attached hydrogens (tertiary/aromatic N) is 3. The van der Waals surface area contributed by atoms with Crippen LogP contribution in [0.1, 0.15) is 5.56 Å². The van der Waals surface area contributed by atoms with Crippen molar-refractivity contribution in [2.45, 2.75) is 10.1 Å². The first kappa shape index (κ1) is 12.8. The molecule has 92 valence electrons. The summed E-state index contributed by atoms with van der Waals surface area (Å²) in [4.78, 5) is 9.06. The van der Waals surface area contributed by atoms with Gasteiger partial charge in [0.2, 0.25) is 0 Å². The van der Waals surface area contributed by atoms with Crippen LogP contribution in [0.25, 0.3) is 0 Å². The van der Waals surface area contributed by atoms with Crippen LogP contribution in [0.15, 0.2) is 56.3 Å². The Morgan fingerprint density at radius 2 is 2.06 bits per heavy atom. The molecule has 5 nitrogen and oxygen atoms in total. The average Bonchev–Trinajstić information content (AvgIpc) is 2.39. The molecule has 0 aliphatic rings. The number of hydrogen-bond donors (Lipinski definition) is 2. The summed E-state index contributed by atoms with van der Waals surface area (Å²) < 4.78 is 0.899. The van der Waals surface area contributed by atoms with Gasteiger partial charge < -0.3 is 10.9 Å². The monoisotopic (exact) mass is 324 g/mol. The standard InChI is InChI=1S/C11H9BrN4OS/c12-7-2-3-8(10(13)16-17)9(6-7)18-11-14-4-1-5-15-11/h1-6,17H,(H2,13,16). The van der Waals surface area contributed by atoms with Gasteiger partial charge in [-0.2, -0.15) is 0 Å². The Kier molecular flexibility index (Phi) is 4.16. The van der Waals surface area contributed by atoms with Crippen LogP contribution in [0.5, 0.6) is 0 Å². The quantitative estimate of drug-likeness (QED) is 0.298. The maximum atomic E-state index is 8.76. The number of hydrogen-bond acceptors (Lipinski definition) is 5. The van der Waals surface area contributed by atoms with E-state index >= 15 is 0 Å². The molecule has 1 aromatic heterocycles. The summed E-state index contributed by atoms with van der Waals surface area (Å²) in [6.07, 6.45) is 3.33. The fourth-order valence-corrected chi connectivity index (χ4v) is 2.69. The van der Waals surface area contributed by atoms with E-state index in [0.29, 0.717) is 10.7 Å². The second-order valence-corrected chi connectivity index (χ2v) is 5.18. The summed E-state index contributed by atoms with van der Waals surface area (Å²) in [6, 6.07) is 7.21. The Morgan fingerprint density at radius 1 is 1.33 bits per heavy atom. The number of halogens is 1. The lowest BCUT2D eigenvalue weighted by atomic mass is 10.2. The molecule has 0 bridgehead atoms. The summed E-state index contributed by atoms with van der Waals surface area (Å²) in [5.74, 6) is 0.0564. The number of nitrogens with two attached hydrogens (primary N) is 1. The van der Waals surface area contributed by atoms with Crippen molar-refractivity contribution in [2.24, 2.45) is 10.9 Å². The predicted octanol–water partition coefficient (Wildman–Crippen LogP) is 2.48. The Labute approximate surface area is 116 Å². The van der Waals surface area contributed by atoms with Crippen molar-refractivity contribution < 1.29 is 5.21 Å². The topological polar surface area (TPSA) is 84.4 Å². The second kappa shape index (κ2) is 5.83. The van der Waals surface area contributed by atoms with Crippen molar-refractivity contribution in [3.63, 3.8) is 0 Å².